The Morgan fingerprint density at radius 1 is 1.56 bits per heavy atom. The second-order valence-electron chi connectivity index (χ2n) is 2.75. The largest absolute Gasteiger partial charge is 0.337 e. The highest BCUT2D eigenvalue weighted by atomic mass is 19.3. The highest BCUT2D eigenvalue weighted by Gasteiger charge is 2.58. The SMILES string of the molecule is CC1(C(F)(F)C#N)CC1. The molecule has 0 aliphatic heterocycles. The maximum Gasteiger partial charge on any atom is 0.337 e. The predicted octanol–water partition coefficient (Wildman–Crippen LogP) is 1.95. The molecule has 1 aliphatic carbocycles. The van der Waals surface area contributed by atoms with Crippen LogP contribution in [0.5, 0.6) is 0 Å². The van der Waals surface area contributed by atoms with Crippen molar-refractivity contribution in [2.75, 3.05) is 0 Å². The number of rotatable bonds is 1. The van der Waals surface area contributed by atoms with E-state index in [2.05, 4.69) is 0 Å². The Kier molecular flexibility index (Phi) is 1.03. The maximum absolute atomic E-state index is 12.4. The van der Waals surface area contributed by atoms with Gasteiger partial charge in [0.1, 0.15) is 6.07 Å². The van der Waals surface area contributed by atoms with E-state index < -0.39 is 11.3 Å². The highest BCUT2D eigenvalue weighted by Crippen LogP contribution is 2.55. The number of nitriles is 1. The smallest absolute Gasteiger partial charge is 0.192 e. The van der Waals surface area contributed by atoms with Gasteiger partial charge in [-0.2, -0.15) is 14.0 Å². The summed E-state index contributed by atoms with van der Waals surface area (Å²) in [6, 6.07) is 1.01. The quantitative estimate of drug-likeness (QED) is 0.533. The van der Waals surface area contributed by atoms with Gasteiger partial charge in [-0.3, -0.25) is 0 Å². The summed E-state index contributed by atoms with van der Waals surface area (Å²) in [5.74, 6) is -3.10. The Balaban J connectivity index is 2.73. The average molecular weight is 131 g/mol. The van der Waals surface area contributed by atoms with E-state index in [1.54, 1.807) is 0 Å². The van der Waals surface area contributed by atoms with Crippen LogP contribution < -0.4 is 0 Å². The molecule has 0 bridgehead atoms. The summed E-state index contributed by atoms with van der Waals surface area (Å²) in [6.07, 6.45) is 0.959. The minimum atomic E-state index is -3.10. The lowest BCUT2D eigenvalue weighted by Crippen LogP contribution is -2.24. The first kappa shape index (κ1) is 6.47. The molecule has 0 N–H and O–H groups in total. The van der Waals surface area contributed by atoms with Gasteiger partial charge in [-0.25, -0.2) is 0 Å². The zero-order valence-corrected chi connectivity index (χ0v) is 5.12. The monoisotopic (exact) mass is 131 g/mol. The minimum Gasteiger partial charge on any atom is -0.192 e. The van der Waals surface area contributed by atoms with Crippen molar-refractivity contribution in [1.82, 2.24) is 0 Å². The van der Waals surface area contributed by atoms with E-state index in [4.69, 9.17) is 5.26 Å². The molecule has 1 saturated carbocycles. The molecule has 0 aromatic rings. The van der Waals surface area contributed by atoms with Gasteiger partial charge in [0.25, 0.3) is 0 Å². The third kappa shape index (κ3) is 0.787. The summed E-state index contributed by atoms with van der Waals surface area (Å²) in [4.78, 5) is 0. The first-order chi connectivity index (χ1) is 4.02. The number of hydrogen-bond donors (Lipinski definition) is 0. The van der Waals surface area contributed by atoms with Crippen LogP contribution in [0.2, 0.25) is 0 Å². The molecular formula is C6H7F2N. The molecule has 0 unspecified atom stereocenters. The van der Waals surface area contributed by atoms with Crippen molar-refractivity contribution in [2.45, 2.75) is 25.7 Å². The number of halogens is 2. The van der Waals surface area contributed by atoms with Gasteiger partial charge in [0.2, 0.25) is 0 Å². The molecule has 1 rings (SSSR count). The van der Waals surface area contributed by atoms with Crippen molar-refractivity contribution in [2.24, 2.45) is 5.41 Å². The Morgan fingerprint density at radius 2 is 2.00 bits per heavy atom. The van der Waals surface area contributed by atoms with Crippen LogP contribution >= 0.6 is 0 Å². The van der Waals surface area contributed by atoms with Crippen LogP contribution in [0, 0.1) is 16.7 Å². The normalized spacial score (nSPS) is 22.9. The van der Waals surface area contributed by atoms with E-state index in [0.29, 0.717) is 12.8 Å². The number of alkyl halides is 2. The van der Waals surface area contributed by atoms with Crippen molar-refractivity contribution in [3.8, 4) is 6.07 Å². The average Bonchev–Trinajstić information content (AvgIpc) is 2.49. The Hall–Kier alpha value is -0.650. The van der Waals surface area contributed by atoms with E-state index in [0.717, 1.165) is 6.07 Å². The molecule has 0 spiro atoms. The van der Waals surface area contributed by atoms with E-state index in [9.17, 15) is 8.78 Å². The fourth-order valence-corrected chi connectivity index (χ4v) is 0.636. The first-order valence-electron chi connectivity index (χ1n) is 2.81. The van der Waals surface area contributed by atoms with Crippen LogP contribution in [0.25, 0.3) is 0 Å². The summed E-state index contributed by atoms with van der Waals surface area (Å²) >= 11 is 0. The molecule has 3 heteroatoms. The van der Waals surface area contributed by atoms with Gasteiger partial charge in [-0.05, 0) is 12.8 Å². The van der Waals surface area contributed by atoms with Gasteiger partial charge in [0, 0.05) is 5.41 Å². The fourth-order valence-electron chi connectivity index (χ4n) is 0.636. The lowest BCUT2D eigenvalue weighted by atomic mass is 10.0. The molecule has 0 saturated heterocycles. The van der Waals surface area contributed by atoms with Gasteiger partial charge < -0.3 is 0 Å². The van der Waals surface area contributed by atoms with Crippen LogP contribution in [0.15, 0.2) is 0 Å². The van der Waals surface area contributed by atoms with Crippen LogP contribution in [-0.2, 0) is 0 Å². The molecular weight excluding hydrogens is 124 g/mol. The molecule has 0 aromatic carbocycles. The summed E-state index contributed by atoms with van der Waals surface area (Å²) < 4.78 is 24.7. The third-order valence-corrected chi connectivity index (χ3v) is 1.90. The molecule has 1 aliphatic rings. The third-order valence-electron chi connectivity index (χ3n) is 1.90. The second kappa shape index (κ2) is 1.44. The molecule has 9 heavy (non-hydrogen) atoms. The maximum atomic E-state index is 12.4. The van der Waals surface area contributed by atoms with Crippen molar-refractivity contribution in [3.05, 3.63) is 0 Å². The van der Waals surface area contributed by atoms with E-state index >= 15 is 0 Å². The second-order valence-corrected chi connectivity index (χ2v) is 2.75. The number of hydrogen-bond acceptors (Lipinski definition) is 1. The molecule has 0 aromatic heterocycles. The van der Waals surface area contributed by atoms with Crippen LogP contribution in [-0.4, -0.2) is 5.92 Å². The molecule has 0 atom stereocenters. The zero-order chi connectivity index (χ0) is 7.12. The van der Waals surface area contributed by atoms with Crippen LogP contribution in [0.1, 0.15) is 19.8 Å². The highest BCUT2D eigenvalue weighted by molar-refractivity contribution is 5.10. The summed E-state index contributed by atoms with van der Waals surface area (Å²) in [7, 11) is 0. The van der Waals surface area contributed by atoms with E-state index in [1.165, 1.54) is 6.92 Å². The lowest BCUT2D eigenvalue weighted by molar-refractivity contribution is -0.00737. The van der Waals surface area contributed by atoms with Crippen molar-refractivity contribution in [1.29, 1.82) is 5.26 Å². The Morgan fingerprint density at radius 3 is 2.11 bits per heavy atom. The van der Waals surface area contributed by atoms with Gasteiger partial charge >= 0.3 is 5.92 Å². The molecule has 0 heterocycles. The van der Waals surface area contributed by atoms with Gasteiger partial charge in [0.05, 0.1) is 0 Å². The summed E-state index contributed by atoms with van der Waals surface area (Å²) in [6.45, 7) is 1.44. The predicted molar refractivity (Wildman–Crippen MR) is 27.9 cm³/mol. The summed E-state index contributed by atoms with van der Waals surface area (Å²) in [5, 5.41) is 7.97. The van der Waals surface area contributed by atoms with Crippen LogP contribution in [0.4, 0.5) is 8.78 Å². The topological polar surface area (TPSA) is 23.8 Å². The molecule has 50 valence electrons. The molecule has 0 amide bonds. The van der Waals surface area contributed by atoms with E-state index in [-0.39, 0.29) is 0 Å². The molecule has 1 fully saturated rings. The Bertz CT molecular complexity index is 164. The Labute approximate surface area is 52.3 Å². The number of nitrogens with zero attached hydrogens (tertiary/aromatic N) is 1. The summed E-state index contributed by atoms with van der Waals surface area (Å²) in [5.41, 5.74) is -0.998. The molecule has 0 radical (unpaired) electrons. The minimum absolute atomic E-state index is 0.480. The lowest BCUT2D eigenvalue weighted by Gasteiger charge is -2.13. The van der Waals surface area contributed by atoms with Gasteiger partial charge in [0.15, 0.2) is 0 Å². The van der Waals surface area contributed by atoms with Gasteiger partial charge in [-0.15, -0.1) is 0 Å². The van der Waals surface area contributed by atoms with Gasteiger partial charge in [-0.1, -0.05) is 6.92 Å². The van der Waals surface area contributed by atoms with Crippen molar-refractivity contribution < 1.29 is 8.78 Å². The van der Waals surface area contributed by atoms with Crippen molar-refractivity contribution in [3.63, 3.8) is 0 Å². The fraction of sp³-hybridized carbons (Fsp3) is 0.833. The van der Waals surface area contributed by atoms with Crippen LogP contribution in [0.3, 0.4) is 0 Å². The van der Waals surface area contributed by atoms with E-state index in [1.807, 2.05) is 0 Å². The molecule has 1 nitrogen and oxygen atoms in total. The zero-order valence-electron chi connectivity index (χ0n) is 5.12. The van der Waals surface area contributed by atoms with Crippen molar-refractivity contribution >= 4 is 0 Å². The standard InChI is InChI=1S/C6H7F2N/c1-5(2-3-5)6(7,8)4-9/h2-3H2,1H3. The first-order valence-corrected chi connectivity index (χ1v) is 2.81.